The Morgan fingerprint density at radius 1 is 1.47 bits per heavy atom. The van der Waals surface area contributed by atoms with E-state index in [9.17, 15) is 4.79 Å². The minimum Gasteiger partial charge on any atom is -0.338 e. The zero-order valence-corrected chi connectivity index (χ0v) is 11.9. The molecule has 2 nitrogen and oxygen atoms in total. The van der Waals surface area contributed by atoms with Gasteiger partial charge in [-0.25, -0.2) is 0 Å². The first kappa shape index (κ1) is 12.6. The molecule has 1 saturated heterocycles. The minimum atomic E-state index is 0.162. The Bertz CT molecular complexity index is 416. The molecule has 0 spiro atoms. The molecule has 1 heterocycles. The molecule has 1 aromatic rings. The second-order valence-corrected chi connectivity index (χ2v) is 5.97. The van der Waals surface area contributed by atoms with Crippen molar-refractivity contribution in [3.05, 3.63) is 34.3 Å². The number of rotatable bonds is 2. The molecule has 0 saturated carbocycles. The number of carbonyl (C=O) groups excluding carboxylic acids is 1. The summed E-state index contributed by atoms with van der Waals surface area (Å²) in [7, 11) is 0. The third kappa shape index (κ3) is 2.89. The number of nitrogens with zero attached hydrogens (tertiary/aromatic N) is 1. The van der Waals surface area contributed by atoms with Crippen molar-refractivity contribution in [1.82, 2.24) is 4.90 Å². The van der Waals surface area contributed by atoms with Crippen LogP contribution in [0, 0.1) is 11.8 Å². The standard InChI is InChI=1S/C14H18BrNO/c1-10(2)12-6-7-16(9-12)14(17)11-4-3-5-13(15)8-11/h3-5,8,10,12H,6-7,9H2,1-2H3. The lowest BCUT2D eigenvalue weighted by molar-refractivity contribution is 0.0784. The van der Waals surface area contributed by atoms with Gasteiger partial charge in [0.05, 0.1) is 0 Å². The van der Waals surface area contributed by atoms with E-state index < -0.39 is 0 Å². The Labute approximate surface area is 111 Å². The Morgan fingerprint density at radius 2 is 2.24 bits per heavy atom. The SMILES string of the molecule is CC(C)C1CCN(C(=O)c2cccc(Br)c2)C1. The van der Waals surface area contributed by atoms with Crippen LogP contribution in [0.5, 0.6) is 0 Å². The molecule has 0 N–H and O–H groups in total. The van der Waals surface area contributed by atoms with E-state index in [1.165, 1.54) is 0 Å². The summed E-state index contributed by atoms with van der Waals surface area (Å²) in [6, 6.07) is 7.63. The van der Waals surface area contributed by atoms with Gasteiger partial charge in [-0.3, -0.25) is 4.79 Å². The summed E-state index contributed by atoms with van der Waals surface area (Å²) in [4.78, 5) is 14.3. The lowest BCUT2D eigenvalue weighted by Crippen LogP contribution is -2.29. The van der Waals surface area contributed by atoms with E-state index in [1.54, 1.807) is 0 Å². The predicted molar refractivity (Wildman–Crippen MR) is 73.0 cm³/mol. The van der Waals surface area contributed by atoms with Crippen LogP contribution in [0.15, 0.2) is 28.7 Å². The van der Waals surface area contributed by atoms with Crippen LogP contribution in [0.4, 0.5) is 0 Å². The molecular weight excluding hydrogens is 278 g/mol. The highest BCUT2D eigenvalue weighted by molar-refractivity contribution is 9.10. The summed E-state index contributed by atoms with van der Waals surface area (Å²) in [5.41, 5.74) is 0.781. The van der Waals surface area contributed by atoms with Gasteiger partial charge in [0, 0.05) is 23.1 Å². The van der Waals surface area contributed by atoms with Crippen LogP contribution in [0.1, 0.15) is 30.6 Å². The van der Waals surface area contributed by atoms with Crippen LogP contribution in [0.3, 0.4) is 0 Å². The molecule has 1 amide bonds. The predicted octanol–water partition coefficient (Wildman–Crippen LogP) is 3.57. The molecule has 2 rings (SSSR count). The highest BCUT2D eigenvalue weighted by atomic mass is 79.9. The molecule has 92 valence electrons. The number of amides is 1. The molecule has 0 radical (unpaired) electrons. The highest BCUT2D eigenvalue weighted by Gasteiger charge is 2.28. The average Bonchev–Trinajstić information content (AvgIpc) is 2.77. The summed E-state index contributed by atoms with van der Waals surface area (Å²) in [6.45, 7) is 6.27. The van der Waals surface area contributed by atoms with Gasteiger partial charge in [-0.2, -0.15) is 0 Å². The first-order chi connectivity index (χ1) is 8.08. The van der Waals surface area contributed by atoms with E-state index >= 15 is 0 Å². The van der Waals surface area contributed by atoms with Gasteiger partial charge in [0.1, 0.15) is 0 Å². The molecule has 1 fully saturated rings. The monoisotopic (exact) mass is 295 g/mol. The normalized spacial score (nSPS) is 20.0. The van der Waals surface area contributed by atoms with Crippen LogP contribution in [-0.4, -0.2) is 23.9 Å². The van der Waals surface area contributed by atoms with Gasteiger partial charge in [-0.05, 0) is 36.5 Å². The second kappa shape index (κ2) is 5.21. The van der Waals surface area contributed by atoms with Gasteiger partial charge in [0.2, 0.25) is 0 Å². The molecule has 1 aliphatic heterocycles. The maximum absolute atomic E-state index is 12.3. The first-order valence-electron chi connectivity index (χ1n) is 6.13. The van der Waals surface area contributed by atoms with E-state index in [2.05, 4.69) is 29.8 Å². The molecule has 1 aliphatic rings. The maximum Gasteiger partial charge on any atom is 0.253 e. The van der Waals surface area contributed by atoms with Crippen molar-refractivity contribution >= 4 is 21.8 Å². The van der Waals surface area contributed by atoms with Gasteiger partial charge in [-0.15, -0.1) is 0 Å². The van der Waals surface area contributed by atoms with Crippen molar-refractivity contribution in [1.29, 1.82) is 0 Å². The largest absolute Gasteiger partial charge is 0.338 e. The fourth-order valence-electron chi connectivity index (χ4n) is 2.32. The Morgan fingerprint density at radius 3 is 2.82 bits per heavy atom. The Hall–Kier alpha value is -0.830. The summed E-state index contributed by atoms with van der Waals surface area (Å²) < 4.78 is 0.961. The lowest BCUT2D eigenvalue weighted by atomic mass is 9.95. The van der Waals surface area contributed by atoms with Crippen LogP contribution < -0.4 is 0 Å². The van der Waals surface area contributed by atoms with Crippen LogP contribution in [0.2, 0.25) is 0 Å². The minimum absolute atomic E-state index is 0.162. The molecule has 1 atom stereocenters. The Balaban J connectivity index is 2.07. The number of benzene rings is 1. The summed E-state index contributed by atoms with van der Waals surface area (Å²) in [5.74, 6) is 1.48. The smallest absolute Gasteiger partial charge is 0.253 e. The quantitative estimate of drug-likeness (QED) is 0.817. The molecule has 1 aromatic carbocycles. The van der Waals surface area contributed by atoms with Crippen molar-refractivity contribution in [2.45, 2.75) is 20.3 Å². The van der Waals surface area contributed by atoms with Crippen LogP contribution >= 0.6 is 15.9 Å². The van der Waals surface area contributed by atoms with E-state index in [4.69, 9.17) is 0 Å². The first-order valence-corrected chi connectivity index (χ1v) is 6.92. The van der Waals surface area contributed by atoms with Crippen molar-refractivity contribution in [2.75, 3.05) is 13.1 Å². The number of halogens is 1. The number of carbonyl (C=O) groups is 1. The molecule has 1 unspecified atom stereocenters. The van der Waals surface area contributed by atoms with Gasteiger partial charge < -0.3 is 4.90 Å². The zero-order chi connectivity index (χ0) is 12.4. The van der Waals surface area contributed by atoms with E-state index in [0.717, 1.165) is 29.5 Å². The van der Waals surface area contributed by atoms with E-state index in [-0.39, 0.29) is 5.91 Å². The van der Waals surface area contributed by atoms with Gasteiger partial charge >= 0.3 is 0 Å². The fourth-order valence-corrected chi connectivity index (χ4v) is 2.72. The molecule has 3 heteroatoms. The third-order valence-electron chi connectivity index (χ3n) is 3.53. The van der Waals surface area contributed by atoms with Crippen molar-refractivity contribution < 1.29 is 4.79 Å². The number of likely N-dealkylation sites (tertiary alicyclic amines) is 1. The molecule has 0 bridgehead atoms. The Kier molecular flexibility index (Phi) is 3.87. The summed E-state index contributed by atoms with van der Waals surface area (Å²) in [5, 5.41) is 0. The van der Waals surface area contributed by atoms with Crippen molar-refractivity contribution in [3.63, 3.8) is 0 Å². The van der Waals surface area contributed by atoms with E-state index in [0.29, 0.717) is 11.8 Å². The summed E-state index contributed by atoms with van der Waals surface area (Å²) in [6.07, 6.45) is 1.14. The second-order valence-electron chi connectivity index (χ2n) is 5.05. The summed E-state index contributed by atoms with van der Waals surface area (Å²) >= 11 is 3.40. The van der Waals surface area contributed by atoms with Crippen LogP contribution in [0.25, 0.3) is 0 Å². The topological polar surface area (TPSA) is 20.3 Å². The fraction of sp³-hybridized carbons (Fsp3) is 0.500. The van der Waals surface area contributed by atoms with Crippen molar-refractivity contribution in [3.8, 4) is 0 Å². The average molecular weight is 296 g/mol. The maximum atomic E-state index is 12.3. The van der Waals surface area contributed by atoms with Gasteiger partial charge in [0.25, 0.3) is 5.91 Å². The highest BCUT2D eigenvalue weighted by Crippen LogP contribution is 2.25. The molecule has 0 aromatic heterocycles. The van der Waals surface area contributed by atoms with Crippen LogP contribution in [-0.2, 0) is 0 Å². The molecule has 0 aliphatic carbocycles. The van der Waals surface area contributed by atoms with Gasteiger partial charge in [0.15, 0.2) is 0 Å². The zero-order valence-electron chi connectivity index (χ0n) is 10.3. The van der Waals surface area contributed by atoms with Gasteiger partial charge in [-0.1, -0.05) is 35.8 Å². The van der Waals surface area contributed by atoms with Crippen molar-refractivity contribution in [2.24, 2.45) is 11.8 Å². The van der Waals surface area contributed by atoms with E-state index in [1.807, 2.05) is 29.2 Å². The molecule has 17 heavy (non-hydrogen) atoms. The third-order valence-corrected chi connectivity index (χ3v) is 4.02. The lowest BCUT2D eigenvalue weighted by Gasteiger charge is -2.18. The molecular formula is C14H18BrNO. The number of hydrogen-bond acceptors (Lipinski definition) is 1. The number of hydrogen-bond donors (Lipinski definition) is 0.